The summed E-state index contributed by atoms with van der Waals surface area (Å²) in [5.74, 6) is 0.609. The van der Waals surface area contributed by atoms with Crippen LogP contribution in [0.25, 0.3) is 0 Å². The highest BCUT2D eigenvalue weighted by Gasteiger charge is 2.32. The van der Waals surface area contributed by atoms with E-state index in [9.17, 15) is 4.79 Å². The lowest BCUT2D eigenvalue weighted by molar-refractivity contribution is -0.115. The number of carbonyl (C=O) groups is 1. The summed E-state index contributed by atoms with van der Waals surface area (Å²) in [6.07, 6.45) is 0. The van der Waals surface area contributed by atoms with E-state index in [1.165, 1.54) is 0 Å². The van der Waals surface area contributed by atoms with Crippen molar-refractivity contribution in [3.05, 3.63) is 47.0 Å². The molecule has 0 aliphatic carbocycles. The number of ether oxygens (including phenoxy) is 1. The number of nitrogens with two attached hydrogens (primary N) is 1. The number of benzene rings is 2. The molecule has 1 aliphatic heterocycles. The molecule has 0 saturated carbocycles. The SMILES string of the molecule is Cc1cc(Cl)ccc1NC(=O)CN1CC(C)(C)Oc2cc(N)ccc21. The zero-order valence-corrected chi connectivity index (χ0v) is 15.4. The minimum absolute atomic E-state index is 0.0918. The minimum atomic E-state index is -0.405. The fraction of sp³-hybridized carbons (Fsp3) is 0.316. The number of amides is 1. The second-order valence-electron chi connectivity index (χ2n) is 6.95. The van der Waals surface area contributed by atoms with E-state index in [4.69, 9.17) is 22.1 Å². The number of anilines is 3. The Balaban J connectivity index is 1.79. The van der Waals surface area contributed by atoms with E-state index >= 15 is 0 Å². The predicted molar refractivity (Wildman–Crippen MR) is 103 cm³/mol. The van der Waals surface area contributed by atoms with Crippen LogP contribution < -0.4 is 20.7 Å². The van der Waals surface area contributed by atoms with Crippen molar-refractivity contribution in [1.29, 1.82) is 0 Å². The van der Waals surface area contributed by atoms with E-state index in [-0.39, 0.29) is 12.5 Å². The molecule has 6 heteroatoms. The molecule has 3 rings (SSSR count). The Morgan fingerprint density at radius 3 is 2.80 bits per heavy atom. The molecule has 0 bridgehead atoms. The third-order valence-corrected chi connectivity index (χ3v) is 4.31. The Morgan fingerprint density at radius 1 is 1.32 bits per heavy atom. The van der Waals surface area contributed by atoms with E-state index in [0.29, 0.717) is 23.0 Å². The zero-order valence-electron chi connectivity index (χ0n) is 14.6. The minimum Gasteiger partial charge on any atom is -0.484 e. The molecule has 132 valence electrons. The fourth-order valence-electron chi connectivity index (χ4n) is 3.02. The number of hydrogen-bond acceptors (Lipinski definition) is 4. The van der Waals surface area contributed by atoms with Gasteiger partial charge in [-0.2, -0.15) is 0 Å². The van der Waals surface area contributed by atoms with Crippen LogP contribution in [0.5, 0.6) is 5.75 Å². The average molecular weight is 360 g/mol. The number of nitrogen functional groups attached to an aromatic ring is 1. The van der Waals surface area contributed by atoms with E-state index < -0.39 is 5.60 Å². The lowest BCUT2D eigenvalue weighted by atomic mass is 10.0. The summed E-state index contributed by atoms with van der Waals surface area (Å²) >= 11 is 5.96. The number of carbonyl (C=O) groups excluding carboxylic acids is 1. The van der Waals surface area contributed by atoms with Crippen LogP contribution in [-0.4, -0.2) is 24.6 Å². The van der Waals surface area contributed by atoms with Crippen molar-refractivity contribution in [2.24, 2.45) is 0 Å². The number of nitrogens with one attached hydrogen (secondary N) is 1. The van der Waals surface area contributed by atoms with Gasteiger partial charge < -0.3 is 20.7 Å². The van der Waals surface area contributed by atoms with Crippen molar-refractivity contribution in [2.45, 2.75) is 26.4 Å². The molecule has 2 aromatic rings. The van der Waals surface area contributed by atoms with Gasteiger partial charge in [-0.05, 0) is 56.7 Å². The lowest BCUT2D eigenvalue weighted by Crippen LogP contribution is -2.49. The number of nitrogens with zero attached hydrogens (tertiary/aromatic N) is 1. The molecule has 1 heterocycles. The van der Waals surface area contributed by atoms with E-state index in [2.05, 4.69) is 5.32 Å². The maximum atomic E-state index is 12.6. The molecule has 0 unspecified atom stereocenters. The van der Waals surface area contributed by atoms with E-state index in [0.717, 1.165) is 16.9 Å². The predicted octanol–water partition coefficient (Wildman–Crippen LogP) is 3.85. The highest BCUT2D eigenvalue weighted by Crippen LogP contribution is 2.38. The monoisotopic (exact) mass is 359 g/mol. The smallest absolute Gasteiger partial charge is 0.243 e. The standard InChI is InChI=1S/C19H22ClN3O2/c1-12-8-13(20)4-6-15(12)22-18(24)10-23-11-19(2,3)25-17-9-14(21)5-7-16(17)23/h4-9H,10-11,21H2,1-3H3,(H,22,24). The summed E-state index contributed by atoms with van der Waals surface area (Å²) in [6, 6.07) is 10.9. The van der Waals surface area contributed by atoms with Crippen LogP contribution in [0.1, 0.15) is 19.4 Å². The van der Waals surface area contributed by atoms with Crippen LogP contribution in [0.4, 0.5) is 17.1 Å². The highest BCUT2D eigenvalue weighted by atomic mass is 35.5. The first-order chi connectivity index (χ1) is 11.7. The van der Waals surface area contributed by atoms with Crippen LogP contribution in [0.15, 0.2) is 36.4 Å². The molecular formula is C19H22ClN3O2. The van der Waals surface area contributed by atoms with Gasteiger partial charge in [-0.25, -0.2) is 0 Å². The van der Waals surface area contributed by atoms with Crippen molar-refractivity contribution in [3.8, 4) is 5.75 Å². The summed E-state index contributed by atoms with van der Waals surface area (Å²) in [6.45, 7) is 6.74. The van der Waals surface area contributed by atoms with Gasteiger partial charge in [-0.1, -0.05) is 11.6 Å². The molecule has 0 radical (unpaired) electrons. The van der Waals surface area contributed by atoms with Gasteiger partial charge in [0, 0.05) is 22.5 Å². The van der Waals surface area contributed by atoms with Crippen LogP contribution in [0, 0.1) is 6.92 Å². The summed E-state index contributed by atoms with van der Waals surface area (Å²) in [5, 5.41) is 3.60. The van der Waals surface area contributed by atoms with Crippen LogP contribution in [0.2, 0.25) is 5.02 Å². The Hall–Kier alpha value is -2.40. The van der Waals surface area contributed by atoms with Crippen molar-refractivity contribution in [1.82, 2.24) is 0 Å². The number of halogens is 1. The van der Waals surface area contributed by atoms with Gasteiger partial charge in [0.1, 0.15) is 11.4 Å². The Bertz CT molecular complexity index is 820. The van der Waals surface area contributed by atoms with Gasteiger partial charge in [0.2, 0.25) is 5.91 Å². The quantitative estimate of drug-likeness (QED) is 0.817. The van der Waals surface area contributed by atoms with Crippen LogP contribution in [0.3, 0.4) is 0 Å². The molecule has 5 nitrogen and oxygen atoms in total. The molecule has 1 aliphatic rings. The van der Waals surface area contributed by atoms with E-state index in [1.54, 1.807) is 12.1 Å². The molecule has 0 spiro atoms. The second kappa shape index (κ2) is 6.48. The Morgan fingerprint density at radius 2 is 2.08 bits per heavy atom. The molecule has 1 amide bonds. The number of rotatable bonds is 3. The van der Waals surface area contributed by atoms with Crippen molar-refractivity contribution < 1.29 is 9.53 Å². The van der Waals surface area contributed by atoms with Crippen LogP contribution >= 0.6 is 11.6 Å². The molecule has 0 atom stereocenters. The molecule has 2 aromatic carbocycles. The van der Waals surface area contributed by atoms with Gasteiger partial charge >= 0.3 is 0 Å². The molecule has 25 heavy (non-hydrogen) atoms. The van der Waals surface area contributed by atoms with Gasteiger partial charge in [0.25, 0.3) is 0 Å². The van der Waals surface area contributed by atoms with Crippen LogP contribution in [-0.2, 0) is 4.79 Å². The molecule has 3 N–H and O–H groups in total. The molecular weight excluding hydrogens is 338 g/mol. The molecule has 0 saturated heterocycles. The zero-order chi connectivity index (χ0) is 18.2. The maximum absolute atomic E-state index is 12.6. The summed E-state index contributed by atoms with van der Waals surface area (Å²) in [7, 11) is 0. The first kappa shape index (κ1) is 17.4. The number of aryl methyl sites for hydroxylation is 1. The van der Waals surface area contributed by atoms with Crippen molar-refractivity contribution in [3.63, 3.8) is 0 Å². The van der Waals surface area contributed by atoms with Gasteiger partial charge in [-0.3, -0.25) is 4.79 Å². The normalized spacial score (nSPS) is 15.3. The van der Waals surface area contributed by atoms with Crippen molar-refractivity contribution in [2.75, 3.05) is 29.0 Å². The van der Waals surface area contributed by atoms with Crippen molar-refractivity contribution >= 4 is 34.6 Å². The van der Waals surface area contributed by atoms with E-state index in [1.807, 2.05) is 49.9 Å². The van der Waals surface area contributed by atoms with Gasteiger partial charge in [0.05, 0.1) is 18.8 Å². The fourth-order valence-corrected chi connectivity index (χ4v) is 3.25. The highest BCUT2D eigenvalue weighted by molar-refractivity contribution is 6.30. The van der Waals surface area contributed by atoms with Gasteiger partial charge in [-0.15, -0.1) is 0 Å². The largest absolute Gasteiger partial charge is 0.484 e. The first-order valence-electron chi connectivity index (χ1n) is 8.13. The average Bonchev–Trinajstić information content (AvgIpc) is 2.48. The van der Waals surface area contributed by atoms with Gasteiger partial charge in [0.15, 0.2) is 0 Å². The third kappa shape index (κ3) is 3.99. The number of fused-ring (bicyclic) bond motifs is 1. The molecule has 0 aromatic heterocycles. The topological polar surface area (TPSA) is 67.6 Å². The third-order valence-electron chi connectivity index (χ3n) is 4.08. The summed E-state index contributed by atoms with van der Waals surface area (Å²) in [5.41, 5.74) is 8.65. The first-order valence-corrected chi connectivity index (χ1v) is 8.51. The number of hydrogen-bond donors (Lipinski definition) is 2. The second-order valence-corrected chi connectivity index (χ2v) is 7.39. The Labute approximate surface area is 152 Å². The summed E-state index contributed by atoms with van der Waals surface area (Å²) in [4.78, 5) is 14.6. The summed E-state index contributed by atoms with van der Waals surface area (Å²) < 4.78 is 5.99. The lowest BCUT2D eigenvalue weighted by Gasteiger charge is -2.40. The molecule has 0 fully saturated rings. The Kier molecular flexibility index (Phi) is 4.52. The maximum Gasteiger partial charge on any atom is 0.243 e.